The highest BCUT2D eigenvalue weighted by molar-refractivity contribution is 5.83. The van der Waals surface area contributed by atoms with Gasteiger partial charge in [0.05, 0.1) is 13.3 Å². The predicted molar refractivity (Wildman–Crippen MR) is 97.9 cm³/mol. The summed E-state index contributed by atoms with van der Waals surface area (Å²) in [5.74, 6) is -1.64. The van der Waals surface area contributed by atoms with E-state index in [0.717, 1.165) is 5.69 Å². The molecule has 0 aliphatic rings. The molecule has 0 fully saturated rings. The molecule has 2 heterocycles. The van der Waals surface area contributed by atoms with E-state index in [4.69, 9.17) is 25.2 Å². The fourth-order valence-corrected chi connectivity index (χ4v) is 1.79. The third-order valence-electron chi connectivity index (χ3n) is 3.10. The Morgan fingerprint density at radius 1 is 1.07 bits per heavy atom. The molecule has 0 spiro atoms. The van der Waals surface area contributed by atoms with Crippen LogP contribution in [-0.4, -0.2) is 72.7 Å². The van der Waals surface area contributed by atoms with E-state index in [-0.39, 0.29) is 6.04 Å². The Bertz CT molecular complexity index is 768. The second-order valence-electron chi connectivity index (χ2n) is 5.69. The average molecular weight is 394 g/mol. The second kappa shape index (κ2) is 10.7. The summed E-state index contributed by atoms with van der Waals surface area (Å²) in [6.07, 6.45) is -1.16. The highest BCUT2D eigenvalue weighted by Gasteiger charge is 2.29. The van der Waals surface area contributed by atoms with E-state index in [1.807, 2.05) is 32.0 Å². The zero-order valence-electron chi connectivity index (χ0n) is 15.5. The fraction of sp³-hybridized carbons (Fsp3) is 0.353. The molecule has 0 amide bonds. The summed E-state index contributed by atoms with van der Waals surface area (Å²) >= 11 is 0. The van der Waals surface area contributed by atoms with Crippen LogP contribution in [0.3, 0.4) is 0 Å². The normalized spacial score (nSPS) is 12.4. The highest BCUT2D eigenvalue weighted by atomic mass is 16.5. The first-order valence-corrected chi connectivity index (χ1v) is 8.08. The van der Waals surface area contributed by atoms with Gasteiger partial charge in [-0.2, -0.15) is 0 Å². The molecular formula is C17H22N4O7. The summed E-state index contributed by atoms with van der Waals surface area (Å²) < 4.78 is 5.23. The van der Waals surface area contributed by atoms with Gasteiger partial charge in [0.25, 0.3) is 0 Å². The van der Waals surface area contributed by atoms with Crippen molar-refractivity contribution in [2.24, 2.45) is 0 Å². The van der Waals surface area contributed by atoms with E-state index in [1.54, 1.807) is 19.5 Å². The number of ether oxygens (including phenoxy) is 1. The van der Waals surface area contributed by atoms with Gasteiger partial charge in [-0.1, -0.05) is 6.07 Å². The number of pyridine rings is 1. The van der Waals surface area contributed by atoms with Gasteiger partial charge in [-0.05, 0) is 26.0 Å². The van der Waals surface area contributed by atoms with Gasteiger partial charge in [0.15, 0.2) is 29.6 Å². The molecule has 5 N–H and O–H groups in total. The van der Waals surface area contributed by atoms with Crippen LogP contribution in [-0.2, 0) is 9.59 Å². The van der Waals surface area contributed by atoms with Crippen LogP contribution >= 0.6 is 0 Å². The third kappa shape index (κ3) is 6.78. The molecule has 0 aliphatic carbocycles. The number of anilines is 1. The number of methoxy groups -OCH3 is 1. The van der Waals surface area contributed by atoms with E-state index >= 15 is 0 Å². The number of hydrogen-bond donors (Lipinski definition) is 5. The summed E-state index contributed by atoms with van der Waals surface area (Å²) in [6.45, 7) is 4.09. The summed E-state index contributed by atoms with van der Waals surface area (Å²) in [6, 6.07) is 5.91. The largest absolute Gasteiger partial charge is 0.491 e. The molecule has 11 heteroatoms. The Morgan fingerprint density at radius 2 is 1.68 bits per heavy atom. The van der Waals surface area contributed by atoms with Crippen molar-refractivity contribution in [1.82, 2.24) is 15.0 Å². The Balaban J connectivity index is 0.000000336. The number of carboxylic acid groups (broad SMARTS) is 2. The average Bonchev–Trinajstić information content (AvgIpc) is 2.67. The minimum Gasteiger partial charge on any atom is -0.491 e. The quantitative estimate of drug-likeness (QED) is 0.435. The van der Waals surface area contributed by atoms with Crippen LogP contribution in [0.2, 0.25) is 0 Å². The van der Waals surface area contributed by atoms with Crippen molar-refractivity contribution in [1.29, 1.82) is 0 Å². The lowest BCUT2D eigenvalue weighted by Crippen LogP contribution is -2.39. The number of hydrogen-bond acceptors (Lipinski definition) is 9. The minimum absolute atomic E-state index is 0.269. The summed E-state index contributed by atoms with van der Waals surface area (Å²) in [7, 11) is 1.60. The zero-order chi connectivity index (χ0) is 21.3. The Labute approximate surface area is 160 Å². The van der Waals surface area contributed by atoms with Crippen molar-refractivity contribution in [3.05, 3.63) is 30.6 Å². The van der Waals surface area contributed by atoms with E-state index < -0.39 is 24.1 Å². The molecule has 2 aromatic heterocycles. The van der Waals surface area contributed by atoms with Gasteiger partial charge in [-0.15, -0.1) is 0 Å². The first-order chi connectivity index (χ1) is 13.2. The molecule has 0 radical (unpaired) electrons. The van der Waals surface area contributed by atoms with Gasteiger partial charge >= 0.3 is 11.9 Å². The minimum atomic E-state index is -2.27. The molecule has 152 valence electrons. The number of aliphatic hydroxyl groups excluding tert-OH is 2. The molecule has 0 saturated heterocycles. The van der Waals surface area contributed by atoms with Crippen molar-refractivity contribution in [3.8, 4) is 17.3 Å². The lowest BCUT2D eigenvalue weighted by atomic mass is 10.2. The topological polar surface area (TPSA) is 175 Å². The SMILES string of the molecule is COc1cnc(-c2ccccn2)nc1NC(C)C.O=C(O)C(O)C(O)C(=O)O. The number of aromatic nitrogens is 3. The van der Waals surface area contributed by atoms with Crippen molar-refractivity contribution in [2.75, 3.05) is 12.4 Å². The molecule has 0 saturated carbocycles. The van der Waals surface area contributed by atoms with Gasteiger partial charge < -0.3 is 30.5 Å². The molecule has 28 heavy (non-hydrogen) atoms. The van der Waals surface area contributed by atoms with Crippen molar-refractivity contribution >= 4 is 17.8 Å². The Morgan fingerprint density at radius 3 is 2.11 bits per heavy atom. The van der Waals surface area contributed by atoms with Gasteiger partial charge in [-0.25, -0.2) is 19.6 Å². The highest BCUT2D eigenvalue weighted by Crippen LogP contribution is 2.24. The number of nitrogens with one attached hydrogen (secondary N) is 1. The fourth-order valence-electron chi connectivity index (χ4n) is 1.79. The van der Waals surface area contributed by atoms with Crippen LogP contribution in [0.5, 0.6) is 5.75 Å². The second-order valence-corrected chi connectivity index (χ2v) is 5.69. The van der Waals surface area contributed by atoms with Crippen molar-refractivity contribution < 1.29 is 34.8 Å². The zero-order valence-corrected chi connectivity index (χ0v) is 15.5. The van der Waals surface area contributed by atoms with Gasteiger partial charge in [0.2, 0.25) is 0 Å². The maximum absolute atomic E-state index is 9.77. The molecule has 11 nitrogen and oxygen atoms in total. The van der Waals surface area contributed by atoms with E-state index in [2.05, 4.69) is 20.3 Å². The summed E-state index contributed by atoms with van der Waals surface area (Å²) in [4.78, 5) is 32.5. The Kier molecular flexibility index (Phi) is 8.72. The van der Waals surface area contributed by atoms with Crippen LogP contribution in [0.1, 0.15) is 13.8 Å². The van der Waals surface area contributed by atoms with Crippen LogP contribution < -0.4 is 10.1 Å². The number of carboxylic acids is 2. The summed E-state index contributed by atoms with van der Waals surface area (Å²) in [5.41, 5.74) is 0.743. The van der Waals surface area contributed by atoms with E-state index in [1.165, 1.54) is 0 Å². The number of nitrogens with zero attached hydrogens (tertiary/aromatic N) is 3. The van der Waals surface area contributed by atoms with Crippen LogP contribution in [0.15, 0.2) is 30.6 Å². The number of rotatable bonds is 7. The number of aliphatic hydroxyl groups is 2. The lowest BCUT2D eigenvalue weighted by molar-refractivity contribution is -0.165. The summed E-state index contributed by atoms with van der Waals surface area (Å²) in [5, 5.41) is 35.8. The van der Waals surface area contributed by atoms with Crippen molar-refractivity contribution in [2.45, 2.75) is 32.1 Å². The maximum atomic E-state index is 9.77. The third-order valence-corrected chi connectivity index (χ3v) is 3.10. The smallest absolute Gasteiger partial charge is 0.335 e. The van der Waals surface area contributed by atoms with Gasteiger partial charge in [-0.3, -0.25) is 4.98 Å². The maximum Gasteiger partial charge on any atom is 0.335 e. The van der Waals surface area contributed by atoms with Crippen LogP contribution in [0, 0.1) is 0 Å². The standard InChI is InChI=1S/C13H16N4O.C4H6O6/c1-9(2)16-13-11(18-3)8-15-12(17-13)10-6-4-5-7-14-10;5-1(3(7)8)2(6)4(9)10/h4-9H,1-3H3,(H,15,16,17);1-2,5-6H,(H,7,8)(H,9,10). The number of carbonyl (C=O) groups is 2. The van der Waals surface area contributed by atoms with E-state index in [9.17, 15) is 9.59 Å². The van der Waals surface area contributed by atoms with Gasteiger partial charge in [0.1, 0.15) is 5.69 Å². The van der Waals surface area contributed by atoms with Crippen LogP contribution in [0.25, 0.3) is 11.5 Å². The monoisotopic (exact) mass is 394 g/mol. The first-order valence-electron chi connectivity index (χ1n) is 8.08. The molecule has 2 aromatic rings. The predicted octanol–water partition coefficient (Wildman–Crippen LogP) is 0.245. The molecule has 0 aromatic carbocycles. The molecule has 2 rings (SSSR count). The first kappa shape index (κ1) is 22.7. The van der Waals surface area contributed by atoms with E-state index in [0.29, 0.717) is 17.4 Å². The number of aliphatic carboxylic acids is 2. The molecule has 0 bridgehead atoms. The molecule has 2 unspecified atom stereocenters. The lowest BCUT2D eigenvalue weighted by Gasteiger charge is -2.13. The van der Waals surface area contributed by atoms with Gasteiger partial charge in [0, 0.05) is 12.2 Å². The Hall–Kier alpha value is -3.31. The van der Waals surface area contributed by atoms with Crippen molar-refractivity contribution in [3.63, 3.8) is 0 Å². The van der Waals surface area contributed by atoms with Crippen LogP contribution in [0.4, 0.5) is 5.82 Å². The molecule has 0 aliphatic heterocycles. The molecule has 2 atom stereocenters. The molecular weight excluding hydrogens is 372 g/mol.